The molecule has 1 aliphatic rings. The zero-order chi connectivity index (χ0) is 18.4. The summed E-state index contributed by atoms with van der Waals surface area (Å²) < 4.78 is 3.31. The number of aromatic nitrogens is 5. The lowest BCUT2D eigenvalue weighted by Crippen LogP contribution is -2.01. The summed E-state index contributed by atoms with van der Waals surface area (Å²) in [5, 5.41) is 16.9. The lowest BCUT2D eigenvalue weighted by molar-refractivity contribution is -0.393. The van der Waals surface area contributed by atoms with Gasteiger partial charge in [-0.05, 0) is 47.7 Å². The molecule has 0 radical (unpaired) electrons. The molecule has 9 heteroatoms. The van der Waals surface area contributed by atoms with Gasteiger partial charge >= 0.3 is 5.82 Å². The van der Waals surface area contributed by atoms with Gasteiger partial charge in [-0.25, -0.2) is 9.67 Å². The van der Waals surface area contributed by atoms with Crippen molar-refractivity contribution in [2.75, 3.05) is 0 Å². The Morgan fingerprint density at radius 1 is 1.07 bits per heavy atom. The van der Waals surface area contributed by atoms with Gasteiger partial charge in [-0.15, -0.1) is 5.10 Å². The molecule has 0 spiro atoms. The first-order valence-corrected chi connectivity index (χ1v) is 9.34. The number of nitrogens with zero attached hydrogens (tertiary/aromatic N) is 6. The molecule has 1 aromatic carbocycles. The largest absolute Gasteiger partial charge is 0.362 e. The number of rotatable bonds is 5. The van der Waals surface area contributed by atoms with Crippen LogP contribution in [0, 0.1) is 10.1 Å². The number of nitro groups is 1. The van der Waals surface area contributed by atoms with Gasteiger partial charge in [0.05, 0.1) is 11.9 Å². The van der Waals surface area contributed by atoms with E-state index in [2.05, 4.69) is 15.1 Å². The van der Waals surface area contributed by atoms with Crippen LogP contribution in [0.1, 0.15) is 24.6 Å². The summed E-state index contributed by atoms with van der Waals surface area (Å²) in [6, 6.07) is 15.1. The SMILES string of the molecule is O=[N+]([O-])c1c(Sc2nc(C3CC3)n(-c3ccccc3)n2)nc2ccccn12. The Bertz CT molecular complexity index is 1150. The number of imidazole rings is 1. The molecule has 27 heavy (non-hydrogen) atoms. The third-order valence-electron chi connectivity index (χ3n) is 4.39. The quantitative estimate of drug-likeness (QED) is 0.387. The van der Waals surface area contributed by atoms with Crippen LogP contribution in [0.5, 0.6) is 0 Å². The molecule has 134 valence electrons. The first kappa shape index (κ1) is 16.0. The van der Waals surface area contributed by atoms with Gasteiger partial charge in [-0.3, -0.25) is 0 Å². The average Bonchev–Trinajstić information content (AvgIpc) is 3.33. The standard InChI is InChI=1S/C18H14N6O2S/c25-24(26)17-16(19-14-8-4-5-11-22(14)17)27-18-20-15(12-9-10-12)23(21-18)13-6-2-1-3-7-13/h1-8,11-12H,9-10H2. The Morgan fingerprint density at radius 3 is 2.59 bits per heavy atom. The summed E-state index contributed by atoms with van der Waals surface area (Å²) in [6.45, 7) is 0. The van der Waals surface area contributed by atoms with Gasteiger partial charge in [0.2, 0.25) is 15.8 Å². The van der Waals surface area contributed by atoms with Gasteiger partial charge in [0.1, 0.15) is 5.82 Å². The van der Waals surface area contributed by atoms with Crippen molar-refractivity contribution in [2.45, 2.75) is 28.9 Å². The molecule has 0 amide bonds. The monoisotopic (exact) mass is 378 g/mol. The van der Waals surface area contributed by atoms with E-state index in [4.69, 9.17) is 0 Å². The summed E-state index contributed by atoms with van der Waals surface area (Å²) in [4.78, 5) is 20.2. The van der Waals surface area contributed by atoms with Crippen LogP contribution in [0.3, 0.4) is 0 Å². The molecule has 3 heterocycles. The maximum Gasteiger partial charge on any atom is 0.362 e. The fraction of sp³-hybridized carbons (Fsp3) is 0.167. The summed E-state index contributed by atoms with van der Waals surface area (Å²) in [5.74, 6) is 1.22. The van der Waals surface area contributed by atoms with Gasteiger partial charge in [-0.1, -0.05) is 24.3 Å². The Kier molecular flexibility index (Phi) is 3.68. The number of hydrogen-bond acceptors (Lipinski definition) is 6. The van der Waals surface area contributed by atoms with Crippen LogP contribution in [-0.2, 0) is 0 Å². The van der Waals surface area contributed by atoms with Crippen LogP contribution in [0.2, 0.25) is 0 Å². The van der Waals surface area contributed by atoms with Crippen LogP contribution in [0.4, 0.5) is 5.82 Å². The number of benzene rings is 1. The van der Waals surface area contributed by atoms with E-state index in [-0.39, 0.29) is 5.82 Å². The minimum Gasteiger partial charge on any atom is -0.358 e. The minimum atomic E-state index is -0.418. The van der Waals surface area contributed by atoms with Crippen LogP contribution >= 0.6 is 11.8 Å². The van der Waals surface area contributed by atoms with Crippen molar-refractivity contribution in [1.29, 1.82) is 0 Å². The molecule has 8 nitrogen and oxygen atoms in total. The highest BCUT2D eigenvalue weighted by molar-refractivity contribution is 7.99. The second-order valence-electron chi connectivity index (χ2n) is 6.30. The van der Waals surface area contributed by atoms with Crippen LogP contribution in [0.25, 0.3) is 11.3 Å². The van der Waals surface area contributed by atoms with E-state index in [1.807, 2.05) is 35.0 Å². The number of fused-ring (bicyclic) bond motifs is 1. The average molecular weight is 378 g/mol. The van der Waals surface area contributed by atoms with E-state index in [1.165, 1.54) is 4.40 Å². The van der Waals surface area contributed by atoms with Crippen LogP contribution < -0.4 is 0 Å². The highest BCUT2D eigenvalue weighted by Crippen LogP contribution is 2.41. The number of para-hydroxylation sites is 1. The zero-order valence-electron chi connectivity index (χ0n) is 14.1. The van der Waals surface area contributed by atoms with Gasteiger partial charge in [0.15, 0.2) is 0 Å². The topological polar surface area (TPSA) is 91.1 Å². The van der Waals surface area contributed by atoms with Gasteiger partial charge in [-0.2, -0.15) is 9.38 Å². The summed E-state index contributed by atoms with van der Waals surface area (Å²) in [7, 11) is 0. The van der Waals surface area contributed by atoms with E-state index in [9.17, 15) is 10.1 Å². The molecule has 0 N–H and O–H groups in total. The normalized spacial score (nSPS) is 13.9. The van der Waals surface area contributed by atoms with Crippen LogP contribution in [-0.4, -0.2) is 29.1 Å². The second-order valence-corrected chi connectivity index (χ2v) is 7.26. The maximum atomic E-state index is 11.6. The predicted octanol–water partition coefficient (Wildman–Crippen LogP) is 3.85. The first-order valence-electron chi connectivity index (χ1n) is 8.52. The van der Waals surface area contributed by atoms with Crippen molar-refractivity contribution < 1.29 is 4.92 Å². The van der Waals surface area contributed by atoms with E-state index in [0.29, 0.717) is 21.7 Å². The lowest BCUT2D eigenvalue weighted by atomic mass is 10.3. The summed E-state index contributed by atoms with van der Waals surface area (Å²) >= 11 is 1.13. The maximum absolute atomic E-state index is 11.6. The fourth-order valence-corrected chi connectivity index (χ4v) is 3.83. The Labute approximate surface area is 158 Å². The number of hydrogen-bond donors (Lipinski definition) is 0. The Morgan fingerprint density at radius 2 is 1.85 bits per heavy atom. The van der Waals surface area contributed by atoms with Crippen LogP contribution in [0.15, 0.2) is 64.9 Å². The molecule has 0 atom stereocenters. The second kappa shape index (κ2) is 6.20. The molecular formula is C18H14N6O2S. The first-order chi connectivity index (χ1) is 13.2. The van der Waals surface area contributed by atoms with Crippen molar-refractivity contribution in [3.8, 4) is 5.69 Å². The van der Waals surface area contributed by atoms with Crippen molar-refractivity contribution in [3.05, 3.63) is 70.7 Å². The fourth-order valence-electron chi connectivity index (χ4n) is 3.00. The molecule has 1 fully saturated rings. The summed E-state index contributed by atoms with van der Waals surface area (Å²) in [6.07, 6.45) is 3.81. The van der Waals surface area contributed by atoms with E-state index < -0.39 is 4.92 Å². The molecule has 0 saturated heterocycles. The highest BCUT2D eigenvalue weighted by Gasteiger charge is 2.31. The molecule has 3 aromatic heterocycles. The van der Waals surface area contributed by atoms with Crippen molar-refractivity contribution in [2.24, 2.45) is 0 Å². The lowest BCUT2D eigenvalue weighted by Gasteiger charge is -2.03. The summed E-state index contributed by atoms with van der Waals surface area (Å²) in [5.41, 5.74) is 1.46. The van der Waals surface area contributed by atoms with Crippen molar-refractivity contribution >= 4 is 23.2 Å². The molecule has 1 aliphatic carbocycles. The van der Waals surface area contributed by atoms with E-state index in [1.54, 1.807) is 24.4 Å². The van der Waals surface area contributed by atoms with E-state index >= 15 is 0 Å². The van der Waals surface area contributed by atoms with Gasteiger partial charge < -0.3 is 10.1 Å². The van der Waals surface area contributed by atoms with Crippen molar-refractivity contribution in [1.82, 2.24) is 24.1 Å². The van der Waals surface area contributed by atoms with E-state index in [0.717, 1.165) is 36.1 Å². The molecule has 5 rings (SSSR count). The molecule has 0 unspecified atom stereocenters. The predicted molar refractivity (Wildman–Crippen MR) is 99.3 cm³/mol. The molecular weight excluding hydrogens is 364 g/mol. The van der Waals surface area contributed by atoms with Gasteiger partial charge in [0.25, 0.3) is 0 Å². The molecule has 0 bridgehead atoms. The third kappa shape index (κ3) is 2.85. The minimum absolute atomic E-state index is 0.0698. The molecule has 4 aromatic rings. The zero-order valence-corrected chi connectivity index (χ0v) is 14.9. The molecule has 0 aliphatic heterocycles. The van der Waals surface area contributed by atoms with Gasteiger partial charge in [0, 0.05) is 12.0 Å². The molecule has 1 saturated carbocycles. The Balaban J connectivity index is 1.58. The van der Waals surface area contributed by atoms with Crippen molar-refractivity contribution in [3.63, 3.8) is 0 Å². The Hall–Kier alpha value is -3.20. The number of pyridine rings is 1. The smallest absolute Gasteiger partial charge is 0.358 e. The third-order valence-corrected chi connectivity index (χ3v) is 5.21. The highest BCUT2D eigenvalue weighted by atomic mass is 32.2.